The van der Waals surface area contributed by atoms with Gasteiger partial charge in [-0.1, -0.05) is 0 Å². The normalized spacial score (nSPS) is 21.1. The van der Waals surface area contributed by atoms with Gasteiger partial charge >= 0.3 is 6.09 Å². The summed E-state index contributed by atoms with van der Waals surface area (Å²) in [5, 5.41) is 3.02. The minimum atomic E-state index is -0.256. The van der Waals surface area contributed by atoms with E-state index in [1.165, 1.54) is 0 Å². The van der Waals surface area contributed by atoms with Crippen LogP contribution < -0.4 is 5.32 Å². The van der Waals surface area contributed by atoms with Crippen molar-refractivity contribution in [2.75, 3.05) is 19.7 Å². The molecule has 0 aromatic carbocycles. The van der Waals surface area contributed by atoms with E-state index in [1.807, 2.05) is 0 Å². The summed E-state index contributed by atoms with van der Waals surface area (Å²) in [6, 6.07) is 0.422. The van der Waals surface area contributed by atoms with Crippen LogP contribution in [-0.4, -0.2) is 42.6 Å². The molecule has 5 nitrogen and oxygen atoms in total. The highest BCUT2D eigenvalue weighted by Gasteiger charge is 2.31. The quantitative estimate of drug-likeness (QED) is 0.804. The molecule has 2 amide bonds. The third kappa shape index (κ3) is 3.35. The molecule has 0 radical (unpaired) electrons. The van der Waals surface area contributed by atoms with Gasteiger partial charge in [0.05, 0.1) is 6.61 Å². The summed E-state index contributed by atoms with van der Waals surface area (Å²) >= 11 is 0. The van der Waals surface area contributed by atoms with Gasteiger partial charge < -0.3 is 15.0 Å². The van der Waals surface area contributed by atoms with Crippen LogP contribution in [0, 0.1) is 5.92 Å². The lowest BCUT2D eigenvalue weighted by atomic mass is 9.96. The highest BCUT2D eigenvalue weighted by atomic mass is 16.6. The standard InChI is InChI=1S/C12H20N2O3/c1-2-17-12(16)14-7-5-9(6-8-14)11(15)13-10-3-4-10/h9-10H,2-8H2,1H3,(H,13,15). The molecular formula is C12H20N2O3. The second-order valence-corrected chi connectivity index (χ2v) is 4.74. The molecule has 1 aliphatic carbocycles. The molecule has 0 aromatic rings. The lowest BCUT2D eigenvalue weighted by Gasteiger charge is -2.30. The van der Waals surface area contributed by atoms with E-state index in [0.29, 0.717) is 25.7 Å². The molecule has 2 aliphatic rings. The van der Waals surface area contributed by atoms with Gasteiger partial charge in [0, 0.05) is 25.0 Å². The maximum atomic E-state index is 11.8. The first-order valence-electron chi connectivity index (χ1n) is 6.42. The van der Waals surface area contributed by atoms with Crippen molar-refractivity contribution in [1.29, 1.82) is 0 Å². The first-order chi connectivity index (χ1) is 8.20. The molecule has 1 N–H and O–H groups in total. The molecule has 0 unspecified atom stereocenters. The number of likely N-dealkylation sites (tertiary alicyclic amines) is 1. The number of piperidine rings is 1. The summed E-state index contributed by atoms with van der Waals surface area (Å²) in [6.07, 6.45) is 3.48. The molecule has 1 heterocycles. The van der Waals surface area contributed by atoms with Crippen molar-refractivity contribution in [1.82, 2.24) is 10.2 Å². The van der Waals surface area contributed by atoms with Gasteiger partial charge in [-0.05, 0) is 32.6 Å². The third-order valence-corrected chi connectivity index (χ3v) is 3.32. The number of hydrogen-bond donors (Lipinski definition) is 1. The summed E-state index contributed by atoms with van der Waals surface area (Å²) < 4.78 is 4.94. The molecule has 0 spiro atoms. The van der Waals surface area contributed by atoms with E-state index in [4.69, 9.17) is 4.74 Å². The minimum Gasteiger partial charge on any atom is -0.450 e. The largest absolute Gasteiger partial charge is 0.450 e. The maximum Gasteiger partial charge on any atom is 0.409 e. The summed E-state index contributed by atoms with van der Waals surface area (Å²) in [7, 11) is 0. The van der Waals surface area contributed by atoms with Crippen molar-refractivity contribution < 1.29 is 14.3 Å². The zero-order valence-corrected chi connectivity index (χ0v) is 10.3. The molecule has 96 valence electrons. The van der Waals surface area contributed by atoms with Crippen molar-refractivity contribution in [2.24, 2.45) is 5.92 Å². The zero-order chi connectivity index (χ0) is 12.3. The van der Waals surface area contributed by atoms with Crippen LogP contribution in [0.2, 0.25) is 0 Å². The molecular weight excluding hydrogens is 220 g/mol. The third-order valence-electron chi connectivity index (χ3n) is 3.32. The fourth-order valence-corrected chi connectivity index (χ4v) is 2.09. The number of ether oxygens (including phenoxy) is 1. The molecule has 2 rings (SSSR count). The van der Waals surface area contributed by atoms with Crippen LogP contribution in [0.15, 0.2) is 0 Å². The minimum absolute atomic E-state index is 0.0706. The van der Waals surface area contributed by atoms with Crippen LogP contribution in [0.3, 0.4) is 0 Å². The molecule has 0 aromatic heterocycles. The van der Waals surface area contributed by atoms with Gasteiger partial charge in [0.15, 0.2) is 0 Å². The monoisotopic (exact) mass is 240 g/mol. The Morgan fingerprint density at radius 3 is 2.41 bits per heavy atom. The number of nitrogens with zero attached hydrogens (tertiary/aromatic N) is 1. The van der Waals surface area contributed by atoms with Crippen molar-refractivity contribution in [3.8, 4) is 0 Å². The Balaban J connectivity index is 1.73. The van der Waals surface area contributed by atoms with Crippen LogP contribution in [-0.2, 0) is 9.53 Å². The van der Waals surface area contributed by atoms with E-state index in [9.17, 15) is 9.59 Å². The van der Waals surface area contributed by atoms with Crippen LogP contribution in [0.5, 0.6) is 0 Å². The van der Waals surface area contributed by atoms with Crippen LogP contribution in [0.25, 0.3) is 0 Å². The van der Waals surface area contributed by atoms with E-state index in [-0.39, 0.29) is 17.9 Å². The number of rotatable bonds is 3. The van der Waals surface area contributed by atoms with E-state index >= 15 is 0 Å². The van der Waals surface area contributed by atoms with E-state index in [1.54, 1.807) is 11.8 Å². The number of hydrogen-bond acceptors (Lipinski definition) is 3. The van der Waals surface area contributed by atoms with E-state index < -0.39 is 0 Å². The second kappa shape index (κ2) is 5.38. The van der Waals surface area contributed by atoms with E-state index in [0.717, 1.165) is 25.7 Å². The fraction of sp³-hybridized carbons (Fsp3) is 0.833. The Labute approximate surface area is 101 Å². The van der Waals surface area contributed by atoms with Gasteiger partial charge in [-0.3, -0.25) is 4.79 Å². The lowest BCUT2D eigenvalue weighted by molar-refractivity contribution is -0.126. The highest BCUT2D eigenvalue weighted by molar-refractivity contribution is 5.79. The first-order valence-corrected chi connectivity index (χ1v) is 6.42. The number of carbonyl (C=O) groups is 2. The first kappa shape index (κ1) is 12.2. The van der Waals surface area contributed by atoms with Crippen molar-refractivity contribution in [3.05, 3.63) is 0 Å². The van der Waals surface area contributed by atoms with Crippen molar-refractivity contribution >= 4 is 12.0 Å². The SMILES string of the molecule is CCOC(=O)N1CCC(C(=O)NC2CC2)CC1. The van der Waals surface area contributed by atoms with Crippen molar-refractivity contribution in [2.45, 2.75) is 38.6 Å². The van der Waals surface area contributed by atoms with Gasteiger partial charge in [0.2, 0.25) is 5.91 Å². The Kier molecular flexibility index (Phi) is 3.86. The maximum absolute atomic E-state index is 11.8. The second-order valence-electron chi connectivity index (χ2n) is 4.74. The summed E-state index contributed by atoms with van der Waals surface area (Å²) in [4.78, 5) is 25.0. The van der Waals surface area contributed by atoms with Crippen LogP contribution in [0.4, 0.5) is 4.79 Å². The molecule has 1 aliphatic heterocycles. The number of carbonyl (C=O) groups excluding carboxylic acids is 2. The number of nitrogens with one attached hydrogen (secondary N) is 1. The summed E-state index contributed by atoms with van der Waals surface area (Å²) in [5.41, 5.74) is 0. The lowest BCUT2D eigenvalue weighted by Crippen LogP contribution is -2.43. The van der Waals surface area contributed by atoms with Crippen LogP contribution in [0.1, 0.15) is 32.6 Å². The molecule has 1 saturated heterocycles. The van der Waals surface area contributed by atoms with E-state index in [2.05, 4.69) is 5.32 Å². The zero-order valence-electron chi connectivity index (χ0n) is 10.3. The Morgan fingerprint density at radius 2 is 1.88 bits per heavy atom. The molecule has 2 fully saturated rings. The predicted molar refractivity (Wildman–Crippen MR) is 62.5 cm³/mol. The smallest absolute Gasteiger partial charge is 0.409 e. The molecule has 5 heteroatoms. The van der Waals surface area contributed by atoms with Crippen molar-refractivity contribution in [3.63, 3.8) is 0 Å². The van der Waals surface area contributed by atoms with Gasteiger partial charge in [-0.15, -0.1) is 0 Å². The molecule has 17 heavy (non-hydrogen) atoms. The number of amides is 2. The summed E-state index contributed by atoms with van der Waals surface area (Å²) in [5.74, 6) is 0.234. The topological polar surface area (TPSA) is 58.6 Å². The molecule has 0 atom stereocenters. The van der Waals surface area contributed by atoms with Gasteiger partial charge in [0.1, 0.15) is 0 Å². The Bertz CT molecular complexity index is 294. The average Bonchev–Trinajstić information content (AvgIpc) is 3.13. The average molecular weight is 240 g/mol. The molecule has 0 bridgehead atoms. The summed E-state index contributed by atoms with van der Waals surface area (Å²) in [6.45, 7) is 3.46. The molecule has 1 saturated carbocycles. The Hall–Kier alpha value is -1.26. The predicted octanol–water partition coefficient (Wildman–Crippen LogP) is 1.13. The van der Waals surface area contributed by atoms with Gasteiger partial charge in [-0.2, -0.15) is 0 Å². The van der Waals surface area contributed by atoms with Gasteiger partial charge in [-0.25, -0.2) is 4.79 Å². The fourth-order valence-electron chi connectivity index (χ4n) is 2.09. The van der Waals surface area contributed by atoms with Gasteiger partial charge in [0.25, 0.3) is 0 Å². The Morgan fingerprint density at radius 1 is 1.24 bits per heavy atom. The van der Waals surface area contributed by atoms with Crippen LogP contribution >= 0.6 is 0 Å². The highest BCUT2D eigenvalue weighted by Crippen LogP contribution is 2.22.